The standard InChI is InChI=1S/C14H23NO3/c1-5-14(6-2,7-3)15-9-11-8-12(13(16)17)18-10(11)4/h8,15H,5-7,9H2,1-4H3,(H,16,17). The van der Waals surface area contributed by atoms with Crippen molar-refractivity contribution in [3.8, 4) is 0 Å². The second kappa shape index (κ2) is 6.05. The minimum atomic E-state index is -1.02. The summed E-state index contributed by atoms with van der Waals surface area (Å²) in [6.07, 6.45) is 3.17. The summed E-state index contributed by atoms with van der Waals surface area (Å²) >= 11 is 0. The van der Waals surface area contributed by atoms with Crippen molar-refractivity contribution < 1.29 is 14.3 Å². The lowest BCUT2D eigenvalue weighted by Crippen LogP contribution is -2.43. The lowest BCUT2D eigenvalue weighted by atomic mass is 9.89. The van der Waals surface area contributed by atoms with Gasteiger partial charge in [-0.2, -0.15) is 0 Å². The second-order valence-electron chi connectivity index (χ2n) is 4.69. The monoisotopic (exact) mass is 253 g/mol. The number of hydrogen-bond acceptors (Lipinski definition) is 3. The molecule has 0 radical (unpaired) electrons. The van der Waals surface area contributed by atoms with Gasteiger partial charge in [-0.05, 0) is 32.3 Å². The fourth-order valence-corrected chi connectivity index (χ4v) is 2.21. The zero-order valence-electron chi connectivity index (χ0n) is 11.7. The van der Waals surface area contributed by atoms with Gasteiger partial charge in [0.2, 0.25) is 5.76 Å². The van der Waals surface area contributed by atoms with Gasteiger partial charge < -0.3 is 14.8 Å². The van der Waals surface area contributed by atoms with E-state index in [1.807, 2.05) is 0 Å². The van der Waals surface area contributed by atoms with Crippen molar-refractivity contribution in [1.29, 1.82) is 0 Å². The van der Waals surface area contributed by atoms with Crippen LogP contribution in [-0.2, 0) is 6.54 Å². The van der Waals surface area contributed by atoms with Crippen molar-refractivity contribution in [3.05, 3.63) is 23.2 Å². The molecule has 0 aliphatic rings. The number of nitrogens with one attached hydrogen (secondary N) is 1. The van der Waals surface area contributed by atoms with Gasteiger partial charge in [0.05, 0.1) is 0 Å². The van der Waals surface area contributed by atoms with Crippen molar-refractivity contribution in [1.82, 2.24) is 5.32 Å². The molecular weight excluding hydrogens is 230 g/mol. The second-order valence-corrected chi connectivity index (χ2v) is 4.69. The lowest BCUT2D eigenvalue weighted by Gasteiger charge is -2.32. The summed E-state index contributed by atoms with van der Waals surface area (Å²) in [5.74, 6) is -0.325. The summed E-state index contributed by atoms with van der Waals surface area (Å²) in [5, 5.41) is 12.4. The van der Waals surface area contributed by atoms with Gasteiger partial charge in [-0.25, -0.2) is 4.79 Å². The maximum Gasteiger partial charge on any atom is 0.371 e. The topological polar surface area (TPSA) is 62.5 Å². The Labute approximate surface area is 108 Å². The first kappa shape index (κ1) is 14.8. The van der Waals surface area contributed by atoms with Gasteiger partial charge in [-0.15, -0.1) is 0 Å². The number of carbonyl (C=O) groups is 1. The minimum Gasteiger partial charge on any atom is -0.475 e. The van der Waals surface area contributed by atoms with E-state index in [0.717, 1.165) is 24.8 Å². The molecule has 0 saturated carbocycles. The van der Waals surface area contributed by atoms with Crippen LogP contribution in [0.1, 0.15) is 61.9 Å². The molecule has 0 spiro atoms. The largest absolute Gasteiger partial charge is 0.475 e. The third-order valence-electron chi connectivity index (χ3n) is 3.92. The number of carboxylic acid groups (broad SMARTS) is 1. The summed E-state index contributed by atoms with van der Waals surface area (Å²) in [7, 11) is 0. The van der Waals surface area contributed by atoms with Gasteiger partial charge in [0.1, 0.15) is 5.76 Å². The lowest BCUT2D eigenvalue weighted by molar-refractivity contribution is 0.0661. The van der Waals surface area contributed by atoms with Crippen LogP contribution in [0.2, 0.25) is 0 Å². The van der Waals surface area contributed by atoms with Crippen LogP contribution in [0.15, 0.2) is 10.5 Å². The quantitative estimate of drug-likeness (QED) is 0.782. The predicted octanol–water partition coefficient (Wildman–Crippen LogP) is 3.34. The Morgan fingerprint density at radius 3 is 2.28 bits per heavy atom. The molecule has 0 fully saturated rings. The van der Waals surface area contributed by atoms with Crippen molar-refractivity contribution >= 4 is 5.97 Å². The molecule has 0 atom stereocenters. The molecule has 0 aliphatic carbocycles. The molecule has 0 saturated heterocycles. The number of furan rings is 1. The first-order valence-electron chi connectivity index (χ1n) is 6.55. The highest BCUT2D eigenvalue weighted by atomic mass is 16.4. The van der Waals surface area contributed by atoms with E-state index in [2.05, 4.69) is 26.1 Å². The first-order chi connectivity index (χ1) is 8.48. The number of hydrogen-bond donors (Lipinski definition) is 2. The zero-order chi connectivity index (χ0) is 13.8. The molecule has 1 heterocycles. The Balaban J connectivity index is 2.76. The summed E-state index contributed by atoms with van der Waals surface area (Å²) in [6, 6.07) is 1.61. The number of carboxylic acids is 1. The average Bonchev–Trinajstić information content (AvgIpc) is 2.74. The Morgan fingerprint density at radius 1 is 1.33 bits per heavy atom. The maximum absolute atomic E-state index is 10.8. The summed E-state index contributed by atoms with van der Waals surface area (Å²) < 4.78 is 5.20. The van der Waals surface area contributed by atoms with Crippen molar-refractivity contribution in [3.63, 3.8) is 0 Å². The van der Waals surface area contributed by atoms with Gasteiger partial charge in [-0.3, -0.25) is 0 Å². The Kier molecular flexibility index (Phi) is 4.96. The Morgan fingerprint density at radius 2 is 1.89 bits per heavy atom. The Hall–Kier alpha value is -1.29. The normalized spacial score (nSPS) is 11.8. The van der Waals surface area contributed by atoms with E-state index >= 15 is 0 Å². The first-order valence-corrected chi connectivity index (χ1v) is 6.55. The number of aromatic carboxylic acids is 1. The highest BCUT2D eigenvalue weighted by Gasteiger charge is 2.23. The van der Waals surface area contributed by atoms with Gasteiger partial charge in [0.25, 0.3) is 0 Å². The van der Waals surface area contributed by atoms with E-state index in [0.29, 0.717) is 12.3 Å². The van der Waals surface area contributed by atoms with Crippen LogP contribution in [0.4, 0.5) is 0 Å². The number of aryl methyl sites for hydroxylation is 1. The average molecular weight is 253 g/mol. The fourth-order valence-electron chi connectivity index (χ4n) is 2.21. The van der Waals surface area contributed by atoms with Gasteiger partial charge >= 0.3 is 5.97 Å². The molecule has 0 aliphatic heterocycles. The molecule has 0 amide bonds. The smallest absolute Gasteiger partial charge is 0.371 e. The molecule has 1 aromatic rings. The fraction of sp³-hybridized carbons (Fsp3) is 0.643. The molecule has 4 heteroatoms. The summed E-state index contributed by atoms with van der Waals surface area (Å²) in [5.41, 5.74) is 1.06. The molecule has 18 heavy (non-hydrogen) atoms. The van der Waals surface area contributed by atoms with Crippen LogP contribution < -0.4 is 5.32 Å². The highest BCUT2D eigenvalue weighted by Crippen LogP contribution is 2.21. The van der Waals surface area contributed by atoms with Gasteiger partial charge in [0.15, 0.2) is 0 Å². The molecule has 1 rings (SSSR count). The molecule has 0 aromatic carbocycles. The van der Waals surface area contributed by atoms with E-state index in [9.17, 15) is 4.79 Å². The van der Waals surface area contributed by atoms with Crippen molar-refractivity contribution in [2.75, 3.05) is 0 Å². The predicted molar refractivity (Wildman–Crippen MR) is 70.8 cm³/mol. The van der Waals surface area contributed by atoms with Crippen LogP contribution >= 0.6 is 0 Å². The molecule has 102 valence electrons. The van der Waals surface area contributed by atoms with Crippen LogP contribution in [0.3, 0.4) is 0 Å². The maximum atomic E-state index is 10.8. The number of rotatable bonds is 7. The summed E-state index contributed by atoms with van der Waals surface area (Å²) in [6.45, 7) is 8.97. The van der Waals surface area contributed by atoms with Gasteiger partial charge in [0, 0.05) is 17.6 Å². The molecule has 4 nitrogen and oxygen atoms in total. The van der Waals surface area contributed by atoms with E-state index in [4.69, 9.17) is 9.52 Å². The van der Waals surface area contributed by atoms with E-state index < -0.39 is 5.97 Å². The Bertz CT molecular complexity index is 397. The van der Waals surface area contributed by atoms with E-state index in [-0.39, 0.29) is 11.3 Å². The van der Waals surface area contributed by atoms with Crippen molar-refractivity contribution in [2.24, 2.45) is 0 Å². The van der Waals surface area contributed by atoms with Crippen LogP contribution in [-0.4, -0.2) is 16.6 Å². The van der Waals surface area contributed by atoms with E-state index in [1.54, 1.807) is 13.0 Å². The van der Waals surface area contributed by atoms with Gasteiger partial charge in [-0.1, -0.05) is 20.8 Å². The van der Waals surface area contributed by atoms with E-state index in [1.165, 1.54) is 0 Å². The molecular formula is C14H23NO3. The third kappa shape index (κ3) is 3.13. The molecule has 1 aromatic heterocycles. The van der Waals surface area contributed by atoms with Crippen molar-refractivity contribution in [2.45, 2.75) is 59.0 Å². The molecule has 0 bridgehead atoms. The zero-order valence-corrected chi connectivity index (χ0v) is 11.7. The SMILES string of the molecule is CCC(CC)(CC)NCc1cc(C(=O)O)oc1C. The third-order valence-corrected chi connectivity index (χ3v) is 3.92. The minimum absolute atomic E-state index is 0.0133. The van der Waals surface area contributed by atoms with Crippen LogP contribution in [0, 0.1) is 6.92 Å². The van der Waals surface area contributed by atoms with Crippen LogP contribution in [0.25, 0.3) is 0 Å². The van der Waals surface area contributed by atoms with Crippen LogP contribution in [0.5, 0.6) is 0 Å². The summed E-state index contributed by atoms with van der Waals surface area (Å²) in [4.78, 5) is 10.8. The molecule has 0 unspecified atom stereocenters. The molecule has 2 N–H and O–H groups in total. The highest BCUT2D eigenvalue weighted by molar-refractivity contribution is 5.84.